The Morgan fingerprint density at radius 2 is 1.84 bits per heavy atom. The number of rotatable bonds is 9. The van der Waals surface area contributed by atoms with E-state index >= 15 is 0 Å². The molecule has 6 nitrogen and oxygen atoms in total. The first-order valence-corrected chi connectivity index (χ1v) is 11.4. The first-order chi connectivity index (χ1) is 15.5. The van der Waals surface area contributed by atoms with Crippen LogP contribution in [0.15, 0.2) is 54.7 Å². The molecule has 1 heterocycles. The van der Waals surface area contributed by atoms with E-state index in [4.69, 9.17) is 15.9 Å². The Hall–Kier alpha value is -3.26. The van der Waals surface area contributed by atoms with Crippen molar-refractivity contribution in [3.63, 3.8) is 0 Å². The molecule has 32 heavy (non-hydrogen) atoms. The van der Waals surface area contributed by atoms with Crippen molar-refractivity contribution in [2.24, 2.45) is 0 Å². The van der Waals surface area contributed by atoms with Crippen LogP contribution in [0.1, 0.15) is 37.5 Å². The first kappa shape index (κ1) is 25.0. The van der Waals surface area contributed by atoms with Crippen molar-refractivity contribution in [1.82, 2.24) is 4.98 Å². The van der Waals surface area contributed by atoms with Gasteiger partial charge in [-0.05, 0) is 35.9 Å². The summed E-state index contributed by atoms with van der Waals surface area (Å²) in [6.45, 7) is 6.32. The summed E-state index contributed by atoms with van der Waals surface area (Å²) in [5, 5.41) is 11.8. The minimum atomic E-state index is -0.287. The molecular weight excluding hydrogens is 425 g/mol. The maximum Gasteiger partial charge on any atom is 0.144 e. The monoisotopic (exact) mass is 455 g/mol. The van der Waals surface area contributed by atoms with Crippen LogP contribution in [-0.4, -0.2) is 23.5 Å². The van der Waals surface area contributed by atoms with Gasteiger partial charge in [-0.1, -0.05) is 50.9 Å². The number of hydrogen-bond donors (Lipinski definition) is 4. The number of hydrogen-bond acceptors (Lipinski definition) is 7. The number of benzene rings is 2. The van der Waals surface area contributed by atoms with E-state index in [1.54, 1.807) is 49.5 Å². The number of halogens is 1. The van der Waals surface area contributed by atoms with Crippen molar-refractivity contribution in [2.75, 3.05) is 28.6 Å². The number of ether oxygens (including phenoxy) is 1. The minimum absolute atomic E-state index is 0.242. The Balaban J connectivity index is 0.00000176. The maximum absolute atomic E-state index is 13.2. The molecule has 3 rings (SSSR count). The highest BCUT2D eigenvalue weighted by Crippen LogP contribution is 2.31. The predicted molar refractivity (Wildman–Crippen MR) is 134 cm³/mol. The van der Waals surface area contributed by atoms with Gasteiger partial charge in [-0.2, -0.15) is 0 Å². The lowest BCUT2D eigenvalue weighted by Gasteiger charge is -2.16. The van der Waals surface area contributed by atoms with Crippen LogP contribution in [0.3, 0.4) is 0 Å². The summed E-state index contributed by atoms with van der Waals surface area (Å²) in [6, 6.07) is 13.5. The van der Waals surface area contributed by atoms with Crippen molar-refractivity contribution in [3.05, 3.63) is 77.2 Å². The molecule has 0 saturated heterocycles. The molecule has 5 N–H and O–H groups in total. The molecule has 8 heteroatoms. The Morgan fingerprint density at radius 1 is 1.12 bits per heavy atom. The molecule has 0 unspecified atom stereocenters. The van der Waals surface area contributed by atoms with E-state index in [9.17, 15) is 4.39 Å². The van der Waals surface area contributed by atoms with Gasteiger partial charge in [0.1, 0.15) is 24.0 Å². The number of aromatic nitrogens is 1. The number of nitrogens with one attached hydrogen (secondary N) is 3. The first-order valence-electron chi connectivity index (χ1n) is 10.4. The molecule has 0 bridgehead atoms. The third-order valence-electron chi connectivity index (χ3n) is 4.40. The lowest BCUT2D eigenvalue weighted by atomic mass is 10.0. The highest BCUT2D eigenvalue weighted by Gasteiger charge is 2.16. The second-order valence-electron chi connectivity index (χ2n) is 6.40. The summed E-state index contributed by atoms with van der Waals surface area (Å²) < 4.78 is 22.4. The quantitative estimate of drug-likeness (QED) is 0.235. The molecule has 2 aromatic carbocycles. The van der Waals surface area contributed by atoms with E-state index in [1.807, 2.05) is 32.9 Å². The Bertz CT molecular complexity index is 1030. The van der Waals surface area contributed by atoms with E-state index in [0.29, 0.717) is 16.9 Å². The van der Waals surface area contributed by atoms with Crippen LogP contribution in [-0.2, 0) is 6.61 Å². The van der Waals surface area contributed by atoms with Gasteiger partial charge in [0.25, 0.3) is 0 Å². The third kappa shape index (κ3) is 6.37. The van der Waals surface area contributed by atoms with E-state index in [1.165, 1.54) is 12.1 Å². The normalized spacial score (nSPS) is 10.0. The summed E-state index contributed by atoms with van der Waals surface area (Å²) in [7, 11) is 1.78. The van der Waals surface area contributed by atoms with Crippen LogP contribution in [0.2, 0.25) is 0 Å². The zero-order valence-electron chi connectivity index (χ0n) is 18.8. The molecule has 0 spiro atoms. The molecule has 0 fully saturated rings. The van der Waals surface area contributed by atoms with E-state index < -0.39 is 0 Å². The van der Waals surface area contributed by atoms with Gasteiger partial charge in [0.15, 0.2) is 0 Å². The minimum Gasteiger partial charge on any atom is -0.487 e. The zero-order valence-corrected chi connectivity index (χ0v) is 19.6. The fourth-order valence-corrected chi connectivity index (χ4v) is 3.34. The van der Waals surface area contributed by atoms with E-state index in [0.717, 1.165) is 22.7 Å². The molecule has 0 aliphatic heterocycles. The summed E-state index contributed by atoms with van der Waals surface area (Å²) in [5.41, 5.74) is 9.84. The third-order valence-corrected chi connectivity index (χ3v) is 5.06. The predicted octanol–water partition coefficient (Wildman–Crippen LogP) is 5.95. The SMILES string of the molecule is CC.CCSNc1ccc(C(=N)c2c(NC)ccnc2N)cc1OCc1ccc(F)cc1. The summed E-state index contributed by atoms with van der Waals surface area (Å²) in [5.74, 6) is 1.47. The van der Waals surface area contributed by atoms with Gasteiger partial charge in [0, 0.05) is 30.2 Å². The van der Waals surface area contributed by atoms with Crippen LogP contribution in [0.25, 0.3) is 0 Å². The van der Waals surface area contributed by atoms with Crippen LogP contribution in [0.5, 0.6) is 5.75 Å². The molecule has 0 atom stereocenters. The molecule has 0 radical (unpaired) electrons. The molecule has 3 aromatic rings. The Morgan fingerprint density at radius 3 is 2.50 bits per heavy atom. The largest absolute Gasteiger partial charge is 0.487 e. The van der Waals surface area contributed by atoms with Crippen molar-refractivity contribution in [2.45, 2.75) is 27.4 Å². The second kappa shape index (κ2) is 12.6. The van der Waals surface area contributed by atoms with Gasteiger partial charge in [0.05, 0.1) is 17.0 Å². The molecule has 0 amide bonds. The summed E-state index contributed by atoms with van der Waals surface area (Å²) in [6.07, 6.45) is 1.60. The summed E-state index contributed by atoms with van der Waals surface area (Å²) >= 11 is 1.54. The van der Waals surface area contributed by atoms with Gasteiger partial charge in [-0.15, -0.1) is 0 Å². The van der Waals surface area contributed by atoms with Crippen LogP contribution in [0.4, 0.5) is 21.6 Å². The lowest BCUT2D eigenvalue weighted by Crippen LogP contribution is -2.11. The molecule has 0 aliphatic carbocycles. The smallest absolute Gasteiger partial charge is 0.144 e. The molecule has 0 aliphatic rings. The Labute approximate surface area is 193 Å². The maximum atomic E-state index is 13.2. The standard InChI is InChI=1S/C22H24FN5OS.C2H6/c1-3-30-28-17-9-6-15(21(24)20-18(26-2)10-11-27-22(20)25)12-19(17)29-13-14-4-7-16(23)8-5-14;1-2/h4-12,24,28H,3,13H2,1-2H3,(H3,25,26,27);1-2H3. The number of pyridine rings is 1. The Kier molecular flexibility index (Phi) is 9.81. The van der Waals surface area contributed by atoms with Crippen molar-refractivity contribution >= 4 is 34.9 Å². The number of anilines is 3. The highest BCUT2D eigenvalue weighted by atomic mass is 32.2. The molecular formula is C24H30FN5OS. The zero-order chi connectivity index (χ0) is 23.5. The lowest BCUT2D eigenvalue weighted by molar-refractivity contribution is 0.308. The van der Waals surface area contributed by atoms with Gasteiger partial charge >= 0.3 is 0 Å². The van der Waals surface area contributed by atoms with Crippen molar-refractivity contribution < 1.29 is 9.13 Å². The molecule has 170 valence electrons. The average Bonchev–Trinajstić information content (AvgIpc) is 2.83. The van der Waals surface area contributed by atoms with Gasteiger partial charge in [-0.3, -0.25) is 5.41 Å². The average molecular weight is 456 g/mol. The highest BCUT2D eigenvalue weighted by molar-refractivity contribution is 8.00. The fraction of sp³-hybridized carbons (Fsp3) is 0.250. The van der Waals surface area contributed by atoms with Crippen molar-refractivity contribution in [3.8, 4) is 5.75 Å². The summed E-state index contributed by atoms with van der Waals surface area (Å²) in [4.78, 5) is 4.12. The number of nitrogens with two attached hydrogens (primary N) is 1. The van der Waals surface area contributed by atoms with E-state index in [2.05, 4.69) is 15.0 Å². The number of nitrogen functional groups attached to an aromatic ring is 1. The van der Waals surface area contributed by atoms with Crippen LogP contribution < -0.4 is 20.5 Å². The molecule has 0 saturated carbocycles. The van der Waals surface area contributed by atoms with Gasteiger partial charge in [-0.25, -0.2) is 9.37 Å². The topological polar surface area (TPSA) is 96.1 Å². The van der Waals surface area contributed by atoms with Crippen LogP contribution in [0, 0.1) is 11.2 Å². The second-order valence-corrected chi connectivity index (χ2v) is 7.48. The van der Waals surface area contributed by atoms with Crippen LogP contribution >= 0.6 is 11.9 Å². The number of nitrogens with zero attached hydrogens (tertiary/aromatic N) is 1. The fourth-order valence-electron chi connectivity index (χ4n) is 2.87. The molecule has 1 aromatic heterocycles. The van der Waals surface area contributed by atoms with Gasteiger partial charge in [0.2, 0.25) is 0 Å². The van der Waals surface area contributed by atoms with Gasteiger partial charge < -0.3 is 20.5 Å². The van der Waals surface area contributed by atoms with E-state index in [-0.39, 0.29) is 24.0 Å². The van der Waals surface area contributed by atoms with Crippen molar-refractivity contribution in [1.29, 1.82) is 5.41 Å².